The number of esters is 2. The second kappa shape index (κ2) is 50.7. The molecule has 1 aliphatic heterocycles. The molecule has 1 fully saturated rings. The molecule has 0 spiro atoms. The summed E-state index contributed by atoms with van der Waals surface area (Å²) in [5, 5.41) is 19.8. The number of aromatic nitrogens is 3. The first-order chi connectivity index (χ1) is 71.6. The third kappa shape index (κ3) is 24.8. The summed E-state index contributed by atoms with van der Waals surface area (Å²) in [6.07, 6.45) is 2.56. The average molecular weight is 2140 g/mol. The molecule has 17 nitrogen and oxygen atoms in total. The molecule has 23 rings (SSSR count). The summed E-state index contributed by atoms with van der Waals surface area (Å²) in [5.41, 5.74) is 16.9. The Hall–Kier alpha value is -14.3. The molecule has 736 valence electrons. The number of carbonyl (C=O) groups is 4. The number of fused-ring (bicyclic) bond motifs is 16. The third-order valence-electron chi connectivity index (χ3n) is 24.2. The molecule has 1 N–H and O–H groups in total. The number of halogens is 8. The van der Waals surface area contributed by atoms with E-state index in [0.29, 0.717) is 95.1 Å². The molecule has 0 atom stereocenters. The van der Waals surface area contributed by atoms with E-state index in [0.717, 1.165) is 129 Å². The number of para-hydroxylation sites is 7. The number of benzene rings is 17. The van der Waals surface area contributed by atoms with Crippen molar-refractivity contribution in [3.8, 4) is 57.1 Å². The van der Waals surface area contributed by atoms with Crippen LogP contribution in [-0.2, 0) is 33.8 Å². The van der Waals surface area contributed by atoms with E-state index in [4.69, 9.17) is 118 Å². The topological polar surface area (TPSA) is 190 Å². The van der Waals surface area contributed by atoms with E-state index in [1.165, 1.54) is 51.8 Å². The number of phenolic OH excluding ortho intramolecular Hbond substituents is 1. The Morgan fingerprint density at radius 1 is 0.401 bits per heavy atom. The number of nitrogens with zero attached hydrogens (tertiary/aromatic N) is 3. The third-order valence-corrected chi connectivity index (χ3v) is 26.6. The first-order valence-electron chi connectivity index (χ1n) is 47.3. The maximum atomic E-state index is 14.0. The number of furan rings is 1. The van der Waals surface area contributed by atoms with Crippen LogP contribution in [-0.4, -0.2) is 97.2 Å². The summed E-state index contributed by atoms with van der Waals surface area (Å²) >= 11 is 39.3. The van der Waals surface area contributed by atoms with Gasteiger partial charge in [-0.25, -0.2) is 9.59 Å². The number of ketones is 2. The van der Waals surface area contributed by atoms with E-state index in [9.17, 15) is 23.6 Å². The molecule has 17 aromatic carbocycles. The number of phenols is 1. The van der Waals surface area contributed by atoms with Gasteiger partial charge in [-0.3, -0.25) is 14.0 Å². The molecule has 0 amide bonds. The van der Waals surface area contributed by atoms with Gasteiger partial charge < -0.3 is 61.1 Å². The number of alkyl halides is 1. The number of aromatic hydroxyl groups is 1. The van der Waals surface area contributed by atoms with Crippen molar-refractivity contribution in [3.63, 3.8) is 0 Å². The predicted octanol–water partition coefficient (Wildman–Crippen LogP) is 30.5. The van der Waals surface area contributed by atoms with Gasteiger partial charge in [0.15, 0.2) is 11.6 Å². The van der Waals surface area contributed by atoms with Crippen molar-refractivity contribution in [3.05, 3.63) is 449 Å². The van der Waals surface area contributed by atoms with E-state index in [-0.39, 0.29) is 48.3 Å². The monoisotopic (exact) mass is 2130 g/mol. The molecule has 0 saturated carbocycles. The Morgan fingerprint density at radius 3 is 1.33 bits per heavy atom. The molecule has 5 heterocycles. The molecule has 0 radical (unpaired) electrons. The van der Waals surface area contributed by atoms with Gasteiger partial charge in [0.25, 0.3) is 0 Å². The summed E-state index contributed by atoms with van der Waals surface area (Å²) < 4.78 is 71.5. The van der Waals surface area contributed by atoms with Crippen LogP contribution in [0, 0.1) is 6.07 Å². The van der Waals surface area contributed by atoms with Crippen LogP contribution in [0.25, 0.3) is 98.5 Å². The van der Waals surface area contributed by atoms with Gasteiger partial charge in [0, 0.05) is 103 Å². The number of carbonyl (C=O) groups excluding carboxylic acids is 4. The second-order valence-corrected chi connectivity index (χ2v) is 36.6. The van der Waals surface area contributed by atoms with Gasteiger partial charge in [0.1, 0.15) is 57.2 Å². The number of hydrogen-bond donors (Lipinski definition) is 1. The fraction of sp³-hybridized carbons (Fsp3) is 0.124. The van der Waals surface area contributed by atoms with Crippen molar-refractivity contribution in [2.45, 2.75) is 46.3 Å². The van der Waals surface area contributed by atoms with E-state index in [2.05, 4.69) is 157 Å². The molecule has 147 heavy (non-hydrogen) atoms. The largest absolute Gasteiger partial charge is 1.00 e. The average Bonchev–Trinajstić information content (AvgIpc) is 1.54. The zero-order valence-corrected chi connectivity index (χ0v) is 86.9. The number of ether oxygens (including phenoxy) is 8. The maximum absolute atomic E-state index is 14.0. The molecular weight excluding hydrogens is 2040 g/mol. The molecule has 2 aliphatic rings. The Kier molecular flexibility index (Phi) is 36.4. The normalized spacial score (nSPS) is 11.5. The van der Waals surface area contributed by atoms with Crippen LogP contribution in [0.15, 0.2) is 367 Å². The van der Waals surface area contributed by atoms with E-state index >= 15 is 0 Å². The van der Waals surface area contributed by atoms with Crippen molar-refractivity contribution in [1.29, 1.82) is 0 Å². The molecule has 0 unspecified atom stereocenters. The Balaban J connectivity index is 0.000000138. The van der Waals surface area contributed by atoms with Crippen molar-refractivity contribution < 1.29 is 91.2 Å². The van der Waals surface area contributed by atoms with Gasteiger partial charge >= 0.3 is 30.8 Å². The van der Waals surface area contributed by atoms with Crippen molar-refractivity contribution in [2.75, 3.05) is 54.9 Å². The van der Waals surface area contributed by atoms with Gasteiger partial charge in [-0.15, -0.1) is 29.7 Å². The second-order valence-electron chi connectivity index (χ2n) is 33.2. The Bertz CT molecular complexity index is 8250. The van der Waals surface area contributed by atoms with Crippen molar-refractivity contribution in [1.82, 2.24) is 13.7 Å². The number of hydrogen-bond acceptors (Lipinski definition) is 14. The first-order valence-corrected chi connectivity index (χ1v) is 49.6. The zero-order valence-electron chi connectivity index (χ0n) is 81.8. The van der Waals surface area contributed by atoms with Crippen LogP contribution in [0.5, 0.6) is 46.0 Å². The number of methoxy groups -OCH3 is 3. The summed E-state index contributed by atoms with van der Waals surface area (Å²) in [7, 11) is 4.03. The minimum Gasteiger partial charge on any atom is -0.506 e. The standard InChI is InChI=1S/C33H23Cl2NO3.C33H21NO3.C20H16NO.C15H12Cl2O3.C9H8BrClO2.C6H5ClO.C4H8O.CH3F.Li/c1-38-22-15-13-21(14-16-22)20-36-29-10-4-2-7-24(29)32-25(8-6-11-30(32)36)33(37)26-19-23(17-18-27(26)34)39-31-12-5-3-9-28(31)35;1-36-20-12-10-19(11-13-20)18-34-27-8-4-2-7-23(27)31-28(34)15-14-22-24-16-25-21-6-3-5-9-29(21)37-30(25)17-26(24)33(35)32(22)31;1-22-16-12-10-15(11-13-16)14-21-19-8-4-2-6-17(19)18-7-3-5-9-20(18)21;1-2-19-15(18)11-9-10(7-8-12(11)16)20-14-6-4-3-5-13(14)17;1-2-13-9(12)7-5-6(10)3-4-8(7)11;7-5-3-1-2-4-6(5)8;1-2-4-5-3-1;1-2;/h2-19H,20H2,1H3;2-17H,18H2,1H3;2-6,8-13H,14H2,1H3;3-9H,2H2,1H3;3-5H,2H2,1H3;1-4,8H;1-4H2;1H3;/q;;-1;;;;;;+1/i;;;;;;;1D;. The molecule has 21 aromatic rings. The van der Waals surface area contributed by atoms with Gasteiger partial charge in [0.05, 0.1) is 95.4 Å². The van der Waals surface area contributed by atoms with Crippen LogP contribution in [0.1, 0.15) is 97.3 Å². The van der Waals surface area contributed by atoms with Gasteiger partial charge in [0.2, 0.25) is 0 Å². The van der Waals surface area contributed by atoms with Crippen LogP contribution in [0.4, 0.5) is 4.39 Å². The molecular formula is C121H96BrCl6FLiN3O14. The molecule has 26 heteroatoms. The first kappa shape index (κ1) is 106. The van der Waals surface area contributed by atoms with Gasteiger partial charge in [-0.05, 0) is 241 Å². The van der Waals surface area contributed by atoms with Gasteiger partial charge in [-0.1, -0.05) is 255 Å². The smallest absolute Gasteiger partial charge is 0.506 e. The Morgan fingerprint density at radius 2 is 0.830 bits per heavy atom. The van der Waals surface area contributed by atoms with Crippen LogP contribution >= 0.6 is 85.5 Å². The molecule has 1 saturated heterocycles. The molecule has 4 aromatic heterocycles. The van der Waals surface area contributed by atoms with E-state index < -0.39 is 19.1 Å². The fourth-order valence-electron chi connectivity index (χ4n) is 17.3. The van der Waals surface area contributed by atoms with E-state index in [1.54, 1.807) is 138 Å². The minimum absolute atomic E-state index is 0. The minimum atomic E-state index is -1.00. The summed E-state index contributed by atoms with van der Waals surface area (Å²) in [5.74, 6) is 3.62. The van der Waals surface area contributed by atoms with Crippen LogP contribution in [0.3, 0.4) is 0 Å². The fourth-order valence-corrected chi connectivity index (χ4v) is 18.8. The SMILES string of the molecule is C1CCOC1.CCOC(=O)c1cc(Br)ccc1Cl.CCOC(=O)c1cc(Oc2ccccc2Cl)ccc1Cl.COc1ccc(Cn2c3ccc[c-]c3c3ccccc32)cc1.COc1ccc(Cn2c3ccccc3c3c(C(=O)c4cc(Oc5ccccc5Cl)ccc4Cl)cccc32)cc1.COc1ccc(Cn2c3ccccc3c3c4c(ccc32)-c2cc3c(cc2C4=O)oc2ccccc23)cc1.Oc1ccccc1Cl.[2H]CF.[Li+]. The van der Waals surface area contributed by atoms with Crippen LogP contribution < -0.4 is 42.5 Å². The quantitative estimate of drug-likeness (QED) is 0.0348. The summed E-state index contributed by atoms with van der Waals surface area (Å²) in [4.78, 5) is 51.1. The maximum Gasteiger partial charge on any atom is 1.00 e. The molecule has 1 aliphatic carbocycles. The van der Waals surface area contributed by atoms with Crippen LogP contribution in [0.2, 0.25) is 30.1 Å². The Labute approximate surface area is 900 Å². The number of rotatable bonds is 19. The predicted molar refractivity (Wildman–Crippen MR) is 590 cm³/mol. The zero-order chi connectivity index (χ0) is 103. The summed E-state index contributed by atoms with van der Waals surface area (Å²) in [6, 6.07) is 117. The van der Waals surface area contributed by atoms with Crippen molar-refractivity contribution >= 4 is 196 Å². The summed E-state index contributed by atoms with van der Waals surface area (Å²) in [6.45, 7) is 8.30. The van der Waals surface area contributed by atoms with Gasteiger partial charge in [-0.2, -0.15) is 0 Å². The molecule has 0 bridgehead atoms. The van der Waals surface area contributed by atoms with Crippen molar-refractivity contribution in [2.24, 2.45) is 0 Å². The van der Waals surface area contributed by atoms with E-state index in [1.807, 2.05) is 127 Å².